The van der Waals surface area contributed by atoms with Crippen molar-refractivity contribution in [2.24, 2.45) is 0 Å². The van der Waals surface area contributed by atoms with Gasteiger partial charge in [0.05, 0.1) is 12.1 Å². The Labute approximate surface area is 176 Å². The van der Waals surface area contributed by atoms with E-state index in [1.165, 1.54) is 36.4 Å². The zero-order valence-electron chi connectivity index (χ0n) is 15.6. The number of anilines is 1. The molecule has 1 amide bonds. The van der Waals surface area contributed by atoms with Crippen LogP contribution in [0.4, 0.5) is 14.5 Å². The van der Waals surface area contributed by atoms with Crippen LogP contribution in [-0.4, -0.2) is 15.5 Å². The monoisotopic (exact) mass is 423 g/mol. The van der Waals surface area contributed by atoms with Crippen LogP contribution >= 0.6 is 11.6 Å². The van der Waals surface area contributed by atoms with E-state index in [0.29, 0.717) is 27.8 Å². The molecule has 0 spiro atoms. The molecule has 1 aromatic heterocycles. The van der Waals surface area contributed by atoms with Gasteiger partial charge < -0.3 is 5.32 Å². The highest BCUT2D eigenvalue weighted by atomic mass is 35.5. The molecule has 0 aliphatic rings. The topological polar surface area (TPSA) is 46.9 Å². The number of amides is 1. The van der Waals surface area contributed by atoms with E-state index in [0.717, 1.165) is 5.69 Å². The van der Waals surface area contributed by atoms with Gasteiger partial charge in [0.1, 0.15) is 17.5 Å². The van der Waals surface area contributed by atoms with Crippen LogP contribution in [0.3, 0.4) is 0 Å². The van der Waals surface area contributed by atoms with E-state index < -0.39 is 0 Å². The lowest BCUT2D eigenvalue weighted by atomic mass is 10.2. The van der Waals surface area contributed by atoms with Crippen molar-refractivity contribution >= 4 is 23.2 Å². The minimum absolute atomic E-state index is 0.0200. The molecular formula is C23H16ClF2N3O. The van der Waals surface area contributed by atoms with Gasteiger partial charge in [-0.05, 0) is 72.8 Å². The summed E-state index contributed by atoms with van der Waals surface area (Å²) in [5.41, 5.74) is 2.54. The van der Waals surface area contributed by atoms with Crippen LogP contribution in [0, 0.1) is 11.6 Å². The summed E-state index contributed by atoms with van der Waals surface area (Å²) < 4.78 is 28.2. The molecule has 0 fully saturated rings. The Balaban J connectivity index is 1.64. The van der Waals surface area contributed by atoms with Crippen LogP contribution in [0.5, 0.6) is 0 Å². The molecule has 4 rings (SSSR count). The summed E-state index contributed by atoms with van der Waals surface area (Å²) in [4.78, 5) is 17.0. The van der Waals surface area contributed by atoms with Gasteiger partial charge in [-0.2, -0.15) is 0 Å². The molecule has 30 heavy (non-hydrogen) atoms. The average Bonchev–Trinajstić information content (AvgIpc) is 3.14. The Hall–Kier alpha value is -3.51. The fourth-order valence-electron chi connectivity index (χ4n) is 3.02. The Kier molecular flexibility index (Phi) is 5.59. The Bertz CT molecular complexity index is 1110. The second-order valence-corrected chi connectivity index (χ2v) is 7.08. The second-order valence-electron chi connectivity index (χ2n) is 6.64. The number of nitrogens with zero attached hydrogens (tertiary/aromatic N) is 2. The van der Waals surface area contributed by atoms with E-state index >= 15 is 0 Å². The summed E-state index contributed by atoms with van der Waals surface area (Å²) in [7, 11) is 0. The Morgan fingerprint density at radius 1 is 0.900 bits per heavy atom. The van der Waals surface area contributed by atoms with Crippen molar-refractivity contribution in [3.63, 3.8) is 0 Å². The van der Waals surface area contributed by atoms with Crippen molar-refractivity contribution in [2.75, 3.05) is 5.32 Å². The number of nitrogens with one attached hydrogen (secondary N) is 1. The summed E-state index contributed by atoms with van der Waals surface area (Å²) in [5.74, 6) is -0.434. The van der Waals surface area contributed by atoms with Crippen molar-refractivity contribution in [3.8, 4) is 17.1 Å². The molecule has 4 nitrogen and oxygen atoms in total. The molecule has 0 saturated heterocycles. The Morgan fingerprint density at radius 3 is 2.13 bits per heavy atom. The largest absolute Gasteiger partial charge is 0.326 e. The summed E-state index contributed by atoms with van der Waals surface area (Å²) in [5, 5.41) is 3.32. The first-order valence-corrected chi connectivity index (χ1v) is 9.51. The number of aromatic nitrogens is 2. The lowest BCUT2D eigenvalue weighted by Gasteiger charge is -2.08. The third-order valence-corrected chi connectivity index (χ3v) is 4.68. The first-order chi connectivity index (χ1) is 14.5. The maximum atomic E-state index is 13.4. The van der Waals surface area contributed by atoms with Crippen LogP contribution in [0.1, 0.15) is 5.69 Å². The van der Waals surface area contributed by atoms with Crippen molar-refractivity contribution in [1.82, 2.24) is 9.55 Å². The van der Waals surface area contributed by atoms with E-state index in [4.69, 9.17) is 11.6 Å². The van der Waals surface area contributed by atoms with Gasteiger partial charge in [0.25, 0.3) is 0 Å². The van der Waals surface area contributed by atoms with Gasteiger partial charge >= 0.3 is 0 Å². The molecule has 0 aliphatic carbocycles. The maximum absolute atomic E-state index is 13.4. The molecule has 0 unspecified atom stereocenters. The fourth-order valence-corrected chi connectivity index (χ4v) is 3.14. The number of rotatable bonds is 5. The lowest BCUT2D eigenvalue weighted by Crippen LogP contribution is -2.14. The van der Waals surface area contributed by atoms with E-state index in [1.807, 2.05) is 16.7 Å². The van der Waals surface area contributed by atoms with Gasteiger partial charge in [-0.15, -0.1) is 0 Å². The summed E-state index contributed by atoms with van der Waals surface area (Å²) in [6.45, 7) is 0. The van der Waals surface area contributed by atoms with Gasteiger partial charge in [-0.3, -0.25) is 9.36 Å². The third-order valence-electron chi connectivity index (χ3n) is 4.43. The first kappa shape index (κ1) is 19.8. The molecule has 0 radical (unpaired) electrons. The molecule has 7 heteroatoms. The standard InChI is InChI=1S/C23H16ClF2N3O/c24-16-3-11-21(12-4-16)29-14-20(28-23(29)15-1-5-17(25)6-2-15)13-22(30)27-19-9-7-18(26)8-10-19/h1-12,14H,13H2,(H,27,30). The van der Waals surface area contributed by atoms with Gasteiger partial charge in [-0.1, -0.05) is 11.6 Å². The molecule has 1 N–H and O–H groups in total. The third kappa shape index (κ3) is 4.55. The molecule has 0 saturated carbocycles. The number of imidazole rings is 1. The summed E-state index contributed by atoms with van der Waals surface area (Å²) in [6, 6.07) is 18.7. The SMILES string of the molecule is O=C(Cc1cn(-c2ccc(Cl)cc2)c(-c2ccc(F)cc2)n1)Nc1ccc(F)cc1. The number of hydrogen-bond donors (Lipinski definition) is 1. The predicted octanol–water partition coefficient (Wildman–Crippen LogP) is 5.65. The van der Waals surface area contributed by atoms with Gasteiger partial charge in [-0.25, -0.2) is 13.8 Å². The highest BCUT2D eigenvalue weighted by molar-refractivity contribution is 6.30. The quantitative estimate of drug-likeness (QED) is 0.450. The van der Waals surface area contributed by atoms with Crippen LogP contribution in [0.2, 0.25) is 5.02 Å². The van der Waals surface area contributed by atoms with Crippen molar-refractivity contribution in [1.29, 1.82) is 0 Å². The van der Waals surface area contributed by atoms with Crippen LogP contribution in [0.15, 0.2) is 79.0 Å². The minimum Gasteiger partial charge on any atom is -0.326 e. The van der Waals surface area contributed by atoms with Gasteiger partial charge in [0, 0.05) is 28.2 Å². The fraction of sp³-hybridized carbons (Fsp3) is 0.0435. The van der Waals surface area contributed by atoms with Gasteiger partial charge in [0.15, 0.2) is 0 Å². The zero-order valence-corrected chi connectivity index (χ0v) is 16.4. The van der Waals surface area contributed by atoms with Crippen LogP contribution in [-0.2, 0) is 11.2 Å². The normalized spacial score (nSPS) is 10.8. The smallest absolute Gasteiger partial charge is 0.230 e. The highest BCUT2D eigenvalue weighted by Gasteiger charge is 2.15. The number of halogens is 3. The van der Waals surface area contributed by atoms with E-state index in [1.54, 1.807) is 30.5 Å². The maximum Gasteiger partial charge on any atom is 0.230 e. The molecule has 3 aromatic carbocycles. The average molecular weight is 424 g/mol. The van der Waals surface area contributed by atoms with Crippen LogP contribution in [0.25, 0.3) is 17.1 Å². The molecule has 150 valence electrons. The molecular weight excluding hydrogens is 408 g/mol. The number of carbonyl (C=O) groups excluding carboxylic acids is 1. The first-order valence-electron chi connectivity index (χ1n) is 9.13. The van der Waals surface area contributed by atoms with Crippen LogP contribution < -0.4 is 5.32 Å². The number of benzene rings is 3. The van der Waals surface area contributed by atoms with Crippen molar-refractivity contribution in [2.45, 2.75) is 6.42 Å². The summed E-state index contributed by atoms with van der Waals surface area (Å²) in [6.07, 6.45) is 1.78. The van der Waals surface area contributed by atoms with E-state index in [-0.39, 0.29) is 24.0 Å². The zero-order chi connectivity index (χ0) is 21.1. The molecule has 4 aromatic rings. The minimum atomic E-state index is -0.376. The molecule has 1 heterocycles. The molecule has 0 atom stereocenters. The summed E-state index contributed by atoms with van der Waals surface area (Å²) >= 11 is 5.99. The number of hydrogen-bond acceptors (Lipinski definition) is 2. The number of carbonyl (C=O) groups is 1. The second kappa shape index (κ2) is 8.47. The predicted molar refractivity (Wildman–Crippen MR) is 113 cm³/mol. The Morgan fingerprint density at radius 2 is 1.50 bits per heavy atom. The molecule has 0 aliphatic heterocycles. The van der Waals surface area contributed by atoms with Crippen molar-refractivity contribution < 1.29 is 13.6 Å². The lowest BCUT2D eigenvalue weighted by molar-refractivity contribution is -0.115. The van der Waals surface area contributed by atoms with E-state index in [9.17, 15) is 13.6 Å². The van der Waals surface area contributed by atoms with Gasteiger partial charge in [0.2, 0.25) is 5.91 Å². The van der Waals surface area contributed by atoms with Crippen molar-refractivity contribution in [3.05, 3.63) is 101 Å². The van der Waals surface area contributed by atoms with E-state index in [2.05, 4.69) is 10.3 Å². The highest BCUT2D eigenvalue weighted by Crippen LogP contribution is 2.25. The molecule has 0 bridgehead atoms.